The third-order valence-electron chi connectivity index (χ3n) is 3.01. The predicted molar refractivity (Wildman–Crippen MR) is 79.7 cm³/mol. The normalized spacial score (nSPS) is 13.9. The fourth-order valence-corrected chi connectivity index (χ4v) is 3.70. The topological polar surface area (TPSA) is 23.8 Å². The van der Waals surface area contributed by atoms with E-state index >= 15 is 0 Å². The lowest BCUT2D eigenvalue weighted by Gasteiger charge is -2.08. The van der Waals surface area contributed by atoms with E-state index in [-0.39, 0.29) is 0 Å². The highest BCUT2D eigenvalue weighted by molar-refractivity contribution is 7.98. The van der Waals surface area contributed by atoms with Gasteiger partial charge in [-0.1, -0.05) is 18.2 Å². The van der Waals surface area contributed by atoms with Gasteiger partial charge in [0.2, 0.25) is 0 Å². The van der Waals surface area contributed by atoms with Crippen LogP contribution in [0.25, 0.3) is 15.7 Å². The molecule has 0 saturated carbocycles. The molecule has 3 heteroatoms. The Morgan fingerprint density at radius 1 is 1.39 bits per heavy atom. The van der Waals surface area contributed by atoms with Crippen molar-refractivity contribution in [2.75, 3.05) is 6.26 Å². The van der Waals surface area contributed by atoms with E-state index in [4.69, 9.17) is 0 Å². The summed E-state index contributed by atoms with van der Waals surface area (Å²) in [6.07, 6.45) is 10.3. The Balaban J connectivity index is 2.36. The summed E-state index contributed by atoms with van der Waals surface area (Å²) in [4.78, 5) is 1.06. The Bertz CT molecular complexity index is 714. The zero-order valence-electron chi connectivity index (χ0n) is 9.81. The van der Waals surface area contributed by atoms with E-state index in [1.54, 1.807) is 23.1 Å². The maximum absolute atomic E-state index is 9.33. The molecule has 0 unspecified atom stereocenters. The third kappa shape index (κ3) is 1.69. The number of allylic oxidation sites excluding steroid dienone is 4. The molecule has 0 atom stereocenters. The molecule has 0 N–H and O–H groups in total. The van der Waals surface area contributed by atoms with E-state index in [0.717, 1.165) is 15.8 Å². The van der Waals surface area contributed by atoms with Crippen molar-refractivity contribution in [2.45, 2.75) is 4.90 Å². The number of thiophene rings is 1. The summed E-state index contributed by atoms with van der Waals surface area (Å²) in [7, 11) is 0. The van der Waals surface area contributed by atoms with E-state index < -0.39 is 0 Å². The van der Waals surface area contributed by atoms with Crippen molar-refractivity contribution in [1.29, 1.82) is 5.26 Å². The highest BCUT2D eigenvalue weighted by atomic mass is 32.2. The average Bonchev–Trinajstić information content (AvgIpc) is 3.07. The molecule has 1 aliphatic carbocycles. The zero-order chi connectivity index (χ0) is 12.5. The van der Waals surface area contributed by atoms with Crippen LogP contribution in [0.5, 0.6) is 0 Å². The Kier molecular flexibility index (Phi) is 2.99. The van der Waals surface area contributed by atoms with Crippen molar-refractivity contribution in [2.24, 2.45) is 0 Å². The average molecular weight is 268 g/mol. The Hall–Kier alpha value is -1.50. The molecule has 0 fully saturated rings. The minimum Gasteiger partial charge on any atom is -0.192 e. The van der Waals surface area contributed by atoms with Crippen LogP contribution in [0.3, 0.4) is 0 Å². The lowest BCUT2D eigenvalue weighted by molar-refractivity contribution is 1.40. The number of benzene rings is 1. The third-order valence-corrected chi connectivity index (χ3v) is 4.72. The van der Waals surface area contributed by atoms with Gasteiger partial charge in [0.15, 0.2) is 0 Å². The second kappa shape index (κ2) is 4.64. The van der Waals surface area contributed by atoms with Crippen LogP contribution in [0, 0.1) is 17.8 Å². The highest BCUT2D eigenvalue weighted by Gasteiger charge is 2.15. The quantitative estimate of drug-likeness (QED) is 0.740. The first-order chi connectivity index (χ1) is 8.85. The molecule has 2 aromatic rings. The summed E-state index contributed by atoms with van der Waals surface area (Å²) in [6.45, 7) is 0. The van der Waals surface area contributed by atoms with Gasteiger partial charge >= 0.3 is 0 Å². The summed E-state index contributed by atoms with van der Waals surface area (Å²) in [5, 5.41) is 12.5. The lowest BCUT2D eigenvalue weighted by Crippen LogP contribution is -1.87. The van der Waals surface area contributed by atoms with Crippen LogP contribution >= 0.6 is 23.1 Å². The molecule has 1 nitrogen and oxygen atoms in total. The molecule has 0 aliphatic heterocycles. The zero-order valence-corrected chi connectivity index (χ0v) is 11.4. The first-order valence-corrected chi connectivity index (χ1v) is 7.66. The first kappa shape index (κ1) is 11.6. The summed E-state index contributed by atoms with van der Waals surface area (Å²) >= 11 is 3.33. The van der Waals surface area contributed by atoms with Gasteiger partial charge in [0.1, 0.15) is 6.07 Å². The molecule has 1 aromatic heterocycles. The van der Waals surface area contributed by atoms with E-state index in [0.29, 0.717) is 0 Å². The molecule has 0 spiro atoms. The molecular weight excluding hydrogens is 258 g/mol. The van der Waals surface area contributed by atoms with Gasteiger partial charge in [-0.15, -0.1) is 23.1 Å². The minimum atomic E-state index is 0.800. The molecule has 0 saturated heterocycles. The Morgan fingerprint density at radius 3 is 2.94 bits per heavy atom. The smallest absolute Gasteiger partial charge is 0.101 e. The maximum Gasteiger partial charge on any atom is 0.101 e. The first-order valence-electron chi connectivity index (χ1n) is 5.55. The largest absolute Gasteiger partial charge is 0.192 e. The van der Waals surface area contributed by atoms with Gasteiger partial charge in [-0.05, 0) is 29.3 Å². The second-order valence-corrected chi connectivity index (χ2v) is 5.71. The van der Waals surface area contributed by atoms with Crippen molar-refractivity contribution in [1.82, 2.24) is 0 Å². The van der Waals surface area contributed by atoms with E-state index in [1.807, 2.05) is 24.8 Å². The molecule has 1 heterocycles. The summed E-state index contributed by atoms with van der Waals surface area (Å²) in [6, 6.07) is 6.52. The minimum absolute atomic E-state index is 0.800. The van der Waals surface area contributed by atoms with Crippen LogP contribution in [0.1, 0.15) is 11.1 Å². The van der Waals surface area contributed by atoms with Crippen LogP contribution in [-0.4, -0.2) is 6.26 Å². The maximum atomic E-state index is 9.33. The summed E-state index contributed by atoms with van der Waals surface area (Å²) in [5.74, 6) is 0. The van der Waals surface area contributed by atoms with Crippen LogP contribution in [0.4, 0.5) is 0 Å². The van der Waals surface area contributed by atoms with E-state index in [1.165, 1.54) is 15.8 Å². The molecule has 1 radical (unpaired) electrons. The van der Waals surface area contributed by atoms with Crippen molar-refractivity contribution >= 4 is 38.8 Å². The standard InChI is InChI=1S/C15H10NS2/c1-17-14-8-12(10-4-2-3-5-10)15-11(6-7-18-15)13(14)9-16/h2-8H,1H3. The van der Waals surface area contributed by atoms with Gasteiger partial charge in [-0.2, -0.15) is 5.26 Å². The molecule has 3 rings (SSSR count). The summed E-state index contributed by atoms with van der Waals surface area (Å²) in [5.41, 5.74) is 3.25. The van der Waals surface area contributed by atoms with Crippen molar-refractivity contribution in [3.8, 4) is 6.07 Å². The number of rotatable bonds is 2. The van der Waals surface area contributed by atoms with Gasteiger partial charge in [0.25, 0.3) is 0 Å². The molecule has 0 amide bonds. The van der Waals surface area contributed by atoms with Gasteiger partial charge in [-0.25, -0.2) is 0 Å². The second-order valence-electron chi connectivity index (χ2n) is 3.95. The van der Waals surface area contributed by atoms with Gasteiger partial charge in [-0.3, -0.25) is 0 Å². The fourth-order valence-electron chi connectivity index (χ4n) is 2.16. The SMILES string of the molecule is CSc1cc(C2=C[CH]C=C2)c2sccc2c1C#N. The molecule has 87 valence electrons. The Morgan fingerprint density at radius 2 is 2.28 bits per heavy atom. The van der Waals surface area contributed by atoms with E-state index in [2.05, 4.69) is 29.7 Å². The monoisotopic (exact) mass is 268 g/mol. The number of nitriles is 1. The molecule has 18 heavy (non-hydrogen) atoms. The molecule has 1 aliphatic rings. The molecule has 1 aromatic carbocycles. The molecule has 0 bridgehead atoms. The number of hydrogen-bond donors (Lipinski definition) is 0. The van der Waals surface area contributed by atoms with Crippen LogP contribution in [0.15, 0.2) is 40.6 Å². The van der Waals surface area contributed by atoms with Crippen molar-refractivity contribution in [3.05, 3.63) is 53.3 Å². The molecular formula is C15H10NS2. The van der Waals surface area contributed by atoms with Crippen LogP contribution in [0.2, 0.25) is 0 Å². The van der Waals surface area contributed by atoms with Crippen LogP contribution in [-0.2, 0) is 0 Å². The highest BCUT2D eigenvalue weighted by Crippen LogP contribution is 2.38. The van der Waals surface area contributed by atoms with Crippen molar-refractivity contribution < 1.29 is 0 Å². The lowest BCUT2D eigenvalue weighted by atomic mass is 10.0. The van der Waals surface area contributed by atoms with Crippen LogP contribution < -0.4 is 0 Å². The number of nitrogens with zero attached hydrogens (tertiary/aromatic N) is 1. The number of hydrogen-bond acceptors (Lipinski definition) is 3. The number of thioether (sulfide) groups is 1. The Labute approximate surface area is 114 Å². The van der Waals surface area contributed by atoms with Crippen molar-refractivity contribution in [3.63, 3.8) is 0 Å². The van der Waals surface area contributed by atoms with E-state index in [9.17, 15) is 5.26 Å². The van der Waals surface area contributed by atoms with Gasteiger partial charge in [0, 0.05) is 27.0 Å². The predicted octanol–water partition coefficient (Wildman–Crippen LogP) is 4.65. The van der Waals surface area contributed by atoms with Gasteiger partial charge in [0.05, 0.1) is 5.56 Å². The number of fused-ring (bicyclic) bond motifs is 1. The van der Waals surface area contributed by atoms with Gasteiger partial charge < -0.3 is 0 Å². The fraction of sp³-hybridized carbons (Fsp3) is 0.0667. The summed E-state index contributed by atoms with van der Waals surface area (Å²) < 4.78 is 1.20.